The van der Waals surface area contributed by atoms with Crippen LogP contribution in [0.1, 0.15) is 27.2 Å². The second kappa shape index (κ2) is 7.94. The third-order valence-electron chi connectivity index (χ3n) is 5.81. The Balaban J connectivity index is 1.60. The van der Waals surface area contributed by atoms with E-state index in [1.807, 2.05) is 50.2 Å². The van der Waals surface area contributed by atoms with Crippen LogP contribution in [-0.2, 0) is 6.54 Å². The van der Waals surface area contributed by atoms with Gasteiger partial charge in [0.2, 0.25) is 5.56 Å². The molecule has 0 spiro atoms. The van der Waals surface area contributed by atoms with Gasteiger partial charge in [-0.15, -0.1) is 0 Å². The quantitative estimate of drug-likeness (QED) is 0.390. The van der Waals surface area contributed by atoms with Crippen molar-refractivity contribution in [1.29, 1.82) is 0 Å². The second-order valence-electron chi connectivity index (χ2n) is 8.07. The van der Waals surface area contributed by atoms with E-state index in [4.69, 9.17) is 4.42 Å². The highest BCUT2D eigenvalue weighted by Crippen LogP contribution is 2.32. The zero-order chi connectivity index (χ0) is 23.1. The molecule has 3 N–H and O–H groups in total. The van der Waals surface area contributed by atoms with E-state index in [1.54, 1.807) is 18.4 Å². The number of rotatable bonds is 4. The van der Waals surface area contributed by atoms with Crippen LogP contribution in [-0.4, -0.2) is 15.9 Å². The van der Waals surface area contributed by atoms with E-state index in [9.17, 15) is 14.4 Å². The fraction of sp³-hybridized carbons (Fsp3) is 0.115. The number of hydrogen-bond donors (Lipinski definition) is 3. The van der Waals surface area contributed by atoms with Crippen molar-refractivity contribution in [2.45, 2.75) is 20.4 Å². The Kier molecular flexibility index (Phi) is 4.94. The fourth-order valence-corrected chi connectivity index (χ4v) is 4.22. The average molecular weight is 439 g/mol. The van der Waals surface area contributed by atoms with Crippen LogP contribution in [0.5, 0.6) is 0 Å². The van der Waals surface area contributed by atoms with Gasteiger partial charge in [0.15, 0.2) is 0 Å². The monoisotopic (exact) mass is 439 g/mol. The molecule has 0 bridgehead atoms. The normalized spacial score (nSPS) is 11.2. The Morgan fingerprint density at radius 2 is 1.82 bits per heavy atom. The van der Waals surface area contributed by atoms with Gasteiger partial charge in [-0.2, -0.15) is 0 Å². The molecule has 0 unspecified atom stereocenters. The maximum absolute atomic E-state index is 13.3. The van der Waals surface area contributed by atoms with Gasteiger partial charge in [-0.05, 0) is 66.9 Å². The molecule has 0 atom stereocenters. The van der Waals surface area contributed by atoms with Crippen molar-refractivity contribution in [2.75, 3.05) is 0 Å². The Hall–Kier alpha value is -4.39. The molecule has 0 aliphatic rings. The van der Waals surface area contributed by atoms with E-state index < -0.39 is 0 Å². The summed E-state index contributed by atoms with van der Waals surface area (Å²) in [4.78, 5) is 43.2. The summed E-state index contributed by atoms with van der Waals surface area (Å²) >= 11 is 0. The van der Waals surface area contributed by atoms with Gasteiger partial charge in [0.05, 0.1) is 6.26 Å². The third-order valence-corrected chi connectivity index (χ3v) is 5.81. The Bertz CT molecular complexity index is 1660. The van der Waals surface area contributed by atoms with Gasteiger partial charge in [0, 0.05) is 45.7 Å². The zero-order valence-corrected chi connectivity index (χ0v) is 18.1. The molecule has 7 nitrogen and oxygen atoms in total. The largest absolute Gasteiger partial charge is 0.464 e. The van der Waals surface area contributed by atoms with E-state index >= 15 is 0 Å². The van der Waals surface area contributed by atoms with E-state index in [2.05, 4.69) is 15.3 Å². The first-order valence-electron chi connectivity index (χ1n) is 10.5. The van der Waals surface area contributed by atoms with Crippen molar-refractivity contribution < 1.29 is 9.21 Å². The van der Waals surface area contributed by atoms with Crippen molar-refractivity contribution in [3.8, 4) is 11.1 Å². The topological polar surface area (TPSA) is 108 Å². The maximum Gasteiger partial charge on any atom is 0.253 e. The predicted octanol–water partition coefficient (Wildman–Crippen LogP) is 4.18. The summed E-state index contributed by atoms with van der Waals surface area (Å²) in [7, 11) is 0. The molecule has 2 aromatic carbocycles. The minimum atomic E-state index is -0.340. The Labute approximate surface area is 188 Å². The second-order valence-corrected chi connectivity index (χ2v) is 8.07. The number of benzene rings is 2. The summed E-state index contributed by atoms with van der Waals surface area (Å²) in [5, 5.41) is 4.39. The number of aromatic nitrogens is 2. The molecule has 0 aliphatic heterocycles. The minimum absolute atomic E-state index is 0.0899. The molecule has 0 saturated carbocycles. The molecular formula is C26H21N3O4. The van der Waals surface area contributed by atoms with E-state index in [-0.39, 0.29) is 23.6 Å². The highest BCUT2D eigenvalue weighted by molar-refractivity contribution is 6.09. The van der Waals surface area contributed by atoms with Crippen molar-refractivity contribution in [1.82, 2.24) is 15.3 Å². The van der Waals surface area contributed by atoms with Gasteiger partial charge in [-0.1, -0.05) is 12.1 Å². The number of amides is 1. The van der Waals surface area contributed by atoms with Crippen LogP contribution in [0, 0.1) is 13.8 Å². The number of pyridine rings is 2. The number of H-pyrrole nitrogens is 2. The molecular weight excluding hydrogens is 418 g/mol. The molecule has 33 heavy (non-hydrogen) atoms. The van der Waals surface area contributed by atoms with Crippen molar-refractivity contribution in [3.63, 3.8) is 0 Å². The van der Waals surface area contributed by atoms with Crippen LogP contribution in [0.3, 0.4) is 0 Å². The molecule has 1 amide bonds. The number of carbonyl (C=O) groups is 1. The van der Waals surface area contributed by atoms with Crippen LogP contribution in [0.25, 0.3) is 33.0 Å². The van der Waals surface area contributed by atoms with Crippen molar-refractivity contribution >= 4 is 27.8 Å². The van der Waals surface area contributed by atoms with Crippen LogP contribution in [0.4, 0.5) is 0 Å². The maximum atomic E-state index is 13.3. The van der Waals surface area contributed by atoms with E-state index in [1.165, 1.54) is 6.07 Å². The van der Waals surface area contributed by atoms with Crippen LogP contribution < -0.4 is 16.4 Å². The standard InChI is InChI=1S/C26H21N3O4/c1-14-10-15(2)28-26(32)21(14)13-27-25(31)20-11-16(12-22-18(20)6-7-24(30)29-22)17-4-3-5-23-19(17)8-9-33-23/h3-12H,13H2,1-2H3,(H,27,31)(H,28,32)(H,29,30). The molecule has 164 valence electrons. The Morgan fingerprint density at radius 3 is 2.64 bits per heavy atom. The molecule has 0 radical (unpaired) electrons. The number of hydrogen-bond acceptors (Lipinski definition) is 4. The molecule has 5 rings (SSSR count). The van der Waals surface area contributed by atoms with E-state index in [0.29, 0.717) is 22.0 Å². The van der Waals surface area contributed by atoms with Gasteiger partial charge < -0.3 is 19.7 Å². The molecule has 5 aromatic rings. The Morgan fingerprint density at radius 1 is 0.970 bits per heavy atom. The summed E-state index contributed by atoms with van der Waals surface area (Å²) in [6.45, 7) is 3.75. The first-order chi connectivity index (χ1) is 15.9. The van der Waals surface area contributed by atoms with Crippen LogP contribution >= 0.6 is 0 Å². The third kappa shape index (κ3) is 3.74. The average Bonchev–Trinajstić information content (AvgIpc) is 3.26. The van der Waals surface area contributed by atoms with Crippen molar-refractivity contribution in [3.05, 3.63) is 104 Å². The molecule has 7 heteroatoms. The number of aryl methyl sites for hydroxylation is 2. The summed E-state index contributed by atoms with van der Waals surface area (Å²) in [5.41, 5.74) is 4.95. The first kappa shape index (κ1) is 20.5. The first-order valence-corrected chi connectivity index (χ1v) is 10.5. The van der Waals surface area contributed by atoms with Gasteiger partial charge >= 0.3 is 0 Å². The molecule has 0 saturated heterocycles. The van der Waals surface area contributed by atoms with Gasteiger partial charge in [0.25, 0.3) is 11.5 Å². The lowest BCUT2D eigenvalue weighted by molar-refractivity contribution is 0.0952. The summed E-state index contributed by atoms with van der Waals surface area (Å²) < 4.78 is 5.51. The summed E-state index contributed by atoms with van der Waals surface area (Å²) in [6.07, 6.45) is 1.62. The van der Waals surface area contributed by atoms with Gasteiger partial charge in [0.1, 0.15) is 5.58 Å². The number of nitrogens with one attached hydrogen (secondary N) is 3. The highest BCUT2D eigenvalue weighted by Gasteiger charge is 2.16. The number of fused-ring (bicyclic) bond motifs is 2. The number of aromatic amines is 2. The van der Waals surface area contributed by atoms with E-state index in [0.717, 1.165) is 33.4 Å². The lowest BCUT2D eigenvalue weighted by atomic mass is 9.96. The zero-order valence-electron chi connectivity index (χ0n) is 18.1. The predicted molar refractivity (Wildman–Crippen MR) is 127 cm³/mol. The lowest BCUT2D eigenvalue weighted by Crippen LogP contribution is -2.28. The molecule has 3 aromatic heterocycles. The summed E-state index contributed by atoms with van der Waals surface area (Å²) in [5.74, 6) is -0.340. The molecule has 0 fully saturated rings. The smallest absolute Gasteiger partial charge is 0.253 e. The SMILES string of the molecule is Cc1cc(C)c(CNC(=O)c2cc(-c3cccc4occc34)cc3[nH]c(=O)ccc23)c(=O)[nH]1. The van der Waals surface area contributed by atoms with Crippen LogP contribution in [0.2, 0.25) is 0 Å². The minimum Gasteiger partial charge on any atom is -0.464 e. The molecule has 3 heterocycles. The summed E-state index contributed by atoms with van der Waals surface area (Å²) in [6, 6.07) is 16.1. The van der Waals surface area contributed by atoms with Gasteiger partial charge in [-0.3, -0.25) is 14.4 Å². The fourth-order valence-electron chi connectivity index (χ4n) is 4.22. The van der Waals surface area contributed by atoms with Crippen molar-refractivity contribution in [2.24, 2.45) is 0 Å². The number of furan rings is 1. The van der Waals surface area contributed by atoms with Gasteiger partial charge in [-0.25, -0.2) is 0 Å². The number of carbonyl (C=O) groups excluding carboxylic acids is 1. The molecule has 0 aliphatic carbocycles. The highest BCUT2D eigenvalue weighted by atomic mass is 16.3. The van der Waals surface area contributed by atoms with Crippen LogP contribution in [0.15, 0.2) is 74.9 Å². The lowest BCUT2D eigenvalue weighted by Gasteiger charge is -2.12.